The van der Waals surface area contributed by atoms with Crippen LogP contribution in [-0.2, 0) is 21.0 Å². The Balaban J connectivity index is 1.33. The zero-order valence-electron chi connectivity index (χ0n) is 22.1. The second-order valence-electron chi connectivity index (χ2n) is 9.71. The van der Waals surface area contributed by atoms with Crippen molar-refractivity contribution in [1.82, 2.24) is 15.1 Å². The van der Waals surface area contributed by atoms with Gasteiger partial charge in [0.1, 0.15) is 6.54 Å². The summed E-state index contributed by atoms with van der Waals surface area (Å²) in [5, 5.41) is 7.23. The zero-order chi connectivity index (χ0) is 30.1. The van der Waals surface area contributed by atoms with Gasteiger partial charge in [0.15, 0.2) is 5.82 Å². The summed E-state index contributed by atoms with van der Waals surface area (Å²) < 4.78 is 57.5. The van der Waals surface area contributed by atoms with Crippen molar-refractivity contribution in [3.05, 3.63) is 82.4 Å². The Bertz CT molecular complexity index is 1590. The van der Waals surface area contributed by atoms with E-state index in [4.69, 9.17) is 27.7 Å². The first-order valence-electron chi connectivity index (χ1n) is 12.8. The maximum absolute atomic E-state index is 13.4. The largest absolute Gasteiger partial charge is 0.405 e. The Morgan fingerprint density at radius 1 is 1.14 bits per heavy atom. The summed E-state index contributed by atoms with van der Waals surface area (Å²) in [7, 11) is -1.26. The molecular formula is C28H24Cl2F3N5O3S. The molecule has 1 unspecified atom stereocenters. The zero-order valence-corrected chi connectivity index (χ0v) is 24.4. The molecule has 1 atom stereocenters. The number of nitrogens with one attached hydrogen (secondary N) is 1. The highest BCUT2D eigenvalue weighted by molar-refractivity contribution is 7.85. The number of hydrogen-bond donors (Lipinski definition) is 1. The van der Waals surface area contributed by atoms with Crippen molar-refractivity contribution in [2.45, 2.75) is 36.3 Å². The monoisotopic (exact) mass is 637 g/mol. The molecule has 220 valence electrons. The summed E-state index contributed by atoms with van der Waals surface area (Å²) in [6.07, 6.45) is 0.00603. The summed E-state index contributed by atoms with van der Waals surface area (Å²) >= 11 is 13.3. The van der Waals surface area contributed by atoms with E-state index < -0.39 is 41.4 Å². The minimum Gasteiger partial charge on any atom is -0.353 e. The molecular weight excluding hydrogens is 614 g/mol. The summed E-state index contributed by atoms with van der Waals surface area (Å²) in [5.74, 6) is 0.386. The minimum atomic E-state index is -4.57. The van der Waals surface area contributed by atoms with Crippen LogP contribution in [0.1, 0.15) is 31.2 Å². The van der Waals surface area contributed by atoms with Crippen molar-refractivity contribution in [3.63, 3.8) is 0 Å². The molecule has 0 spiro atoms. The van der Waals surface area contributed by atoms with E-state index in [-0.39, 0.29) is 21.4 Å². The molecule has 5 rings (SSSR count). The van der Waals surface area contributed by atoms with Crippen LogP contribution in [0.15, 0.2) is 70.3 Å². The number of pyridine rings is 1. The third-order valence-electron chi connectivity index (χ3n) is 6.75. The fourth-order valence-electron chi connectivity index (χ4n) is 4.64. The Kier molecular flexibility index (Phi) is 8.58. The Morgan fingerprint density at radius 3 is 2.40 bits per heavy atom. The lowest BCUT2D eigenvalue weighted by Gasteiger charge is -2.25. The molecule has 2 aromatic heterocycles. The summed E-state index contributed by atoms with van der Waals surface area (Å²) in [6.45, 7) is -0.216. The number of carbonyl (C=O) groups is 1. The number of benzene rings is 2. The van der Waals surface area contributed by atoms with Crippen LogP contribution >= 0.6 is 23.2 Å². The number of anilines is 2. The number of rotatable bonds is 10. The number of amides is 1. The topological polar surface area (TPSA) is 101 Å². The predicted molar refractivity (Wildman–Crippen MR) is 154 cm³/mol. The van der Waals surface area contributed by atoms with Crippen LogP contribution in [0.2, 0.25) is 10.0 Å². The number of nitrogens with zero attached hydrogens (tertiary/aromatic N) is 4. The van der Waals surface area contributed by atoms with Crippen molar-refractivity contribution in [2.24, 2.45) is 0 Å². The Hall–Kier alpha value is -3.48. The molecule has 1 saturated carbocycles. The van der Waals surface area contributed by atoms with Gasteiger partial charge in [0.2, 0.25) is 5.91 Å². The maximum atomic E-state index is 13.4. The lowest BCUT2D eigenvalue weighted by atomic mass is 9.94. The van der Waals surface area contributed by atoms with Gasteiger partial charge in [-0.25, -0.2) is 0 Å². The van der Waals surface area contributed by atoms with Gasteiger partial charge in [0.25, 0.3) is 5.89 Å². The second-order valence-corrected chi connectivity index (χ2v) is 12.3. The van der Waals surface area contributed by atoms with E-state index in [0.29, 0.717) is 46.3 Å². The van der Waals surface area contributed by atoms with Gasteiger partial charge >= 0.3 is 6.18 Å². The van der Waals surface area contributed by atoms with Crippen molar-refractivity contribution in [2.75, 3.05) is 29.1 Å². The molecule has 1 N–H and O–H groups in total. The summed E-state index contributed by atoms with van der Waals surface area (Å²) in [6, 6.07) is 12.3. The lowest BCUT2D eigenvalue weighted by Crippen LogP contribution is -2.39. The first-order valence-corrected chi connectivity index (χ1v) is 14.9. The molecule has 1 aliphatic rings. The van der Waals surface area contributed by atoms with E-state index >= 15 is 0 Å². The fourth-order valence-corrected chi connectivity index (χ4v) is 6.26. The van der Waals surface area contributed by atoms with E-state index in [2.05, 4.69) is 20.4 Å². The first kappa shape index (κ1) is 30.0. The average Bonchev–Trinajstić information content (AvgIpc) is 3.57. The van der Waals surface area contributed by atoms with Gasteiger partial charge < -0.3 is 14.7 Å². The molecule has 2 aromatic carbocycles. The lowest BCUT2D eigenvalue weighted by molar-refractivity contribution is -0.122. The Labute approximate surface area is 251 Å². The average molecular weight is 638 g/mol. The number of hydrogen-bond acceptors (Lipinski definition) is 7. The van der Waals surface area contributed by atoms with E-state index in [9.17, 15) is 22.2 Å². The van der Waals surface area contributed by atoms with Crippen LogP contribution in [0.5, 0.6) is 0 Å². The van der Waals surface area contributed by atoms with Crippen LogP contribution in [-0.4, -0.2) is 50.3 Å². The number of carbonyl (C=O) groups excluding carboxylic acids is 1. The number of aromatic nitrogens is 3. The minimum absolute atomic E-state index is 0.159. The highest BCUT2D eigenvalue weighted by atomic mass is 35.5. The van der Waals surface area contributed by atoms with Gasteiger partial charge in [-0.1, -0.05) is 35.3 Å². The van der Waals surface area contributed by atoms with Crippen LogP contribution in [0.25, 0.3) is 11.5 Å². The molecule has 4 aromatic rings. The van der Waals surface area contributed by atoms with Gasteiger partial charge in [-0.15, -0.1) is 0 Å². The Morgan fingerprint density at radius 2 is 1.83 bits per heavy atom. The van der Waals surface area contributed by atoms with E-state index in [0.717, 1.165) is 4.90 Å². The van der Waals surface area contributed by atoms with Crippen molar-refractivity contribution < 1.29 is 26.7 Å². The van der Waals surface area contributed by atoms with Crippen LogP contribution in [0.4, 0.5) is 24.5 Å². The van der Waals surface area contributed by atoms with E-state index in [1.54, 1.807) is 31.5 Å². The molecule has 0 saturated heterocycles. The maximum Gasteiger partial charge on any atom is 0.405 e. The van der Waals surface area contributed by atoms with Gasteiger partial charge in [-0.3, -0.25) is 14.0 Å². The third kappa shape index (κ3) is 6.61. The number of halogens is 5. The van der Waals surface area contributed by atoms with Crippen molar-refractivity contribution in [1.29, 1.82) is 0 Å². The molecule has 42 heavy (non-hydrogen) atoms. The normalized spacial score (nSPS) is 14.8. The van der Waals surface area contributed by atoms with Crippen LogP contribution in [0.3, 0.4) is 0 Å². The summed E-state index contributed by atoms with van der Waals surface area (Å²) in [5.41, 5.74) is 0.948. The molecule has 0 aliphatic heterocycles. The number of alkyl halides is 3. The van der Waals surface area contributed by atoms with Gasteiger partial charge in [0.05, 0.1) is 28.3 Å². The van der Waals surface area contributed by atoms with Crippen LogP contribution in [0, 0.1) is 0 Å². The smallest absolute Gasteiger partial charge is 0.353 e. The fraction of sp³-hybridized carbons (Fsp3) is 0.286. The SMILES string of the molecule is CCS(=O)c1ccc(N(CC(=O)Nc2cc(Cl)c(C3(c4noc(-c5cccnc5)n4)CC3)c(Cl)c2)CC(F)(F)F)cc1. The highest BCUT2D eigenvalue weighted by Crippen LogP contribution is 2.57. The quantitative estimate of drug-likeness (QED) is 0.208. The molecule has 1 amide bonds. The summed E-state index contributed by atoms with van der Waals surface area (Å²) in [4.78, 5) is 22.9. The molecule has 2 heterocycles. The van der Waals surface area contributed by atoms with E-state index in [1.807, 2.05) is 0 Å². The molecule has 0 bridgehead atoms. The molecule has 14 heteroatoms. The first-order chi connectivity index (χ1) is 20.0. The second kappa shape index (κ2) is 12.0. The molecule has 1 fully saturated rings. The molecule has 8 nitrogen and oxygen atoms in total. The van der Waals surface area contributed by atoms with Crippen LogP contribution < -0.4 is 10.2 Å². The van der Waals surface area contributed by atoms with Gasteiger partial charge in [0, 0.05) is 50.0 Å². The van der Waals surface area contributed by atoms with Gasteiger partial charge in [-0.05, 0) is 61.4 Å². The van der Waals surface area contributed by atoms with Crippen molar-refractivity contribution >= 4 is 51.3 Å². The predicted octanol–water partition coefficient (Wildman–Crippen LogP) is 6.65. The third-order valence-corrected chi connectivity index (χ3v) is 8.67. The van der Waals surface area contributed by atoms with E-state index in [1.165, 1.54) is 36.4 Å². The standard InChI is InChI=1S/C28H24Cl2F3N5O3S/c1-2-42(40)20-7-5-19(6-8-20)38(16-28(31,32)33)15-23(39)35-18-12-21(29)24(22(30)13-18)27(9-10-27)26-36-25(41-37-26)17-4-3-11-34-14-17/h3-8,11-14H,2,9-10,15-16H2,1H3,(H,35,39). The van der Waals surface area contributed by atoms with Crippen molar-refractivity contribution in [3.8, 4) is 11.5 Å². The molecule has 0 radical (unpaired) electrons. The van der Waals surface area contributed by atoms with Gasteiger partial charge in [-0.2, -0.15) is 18.2 Å². The highest BCUT2D eigenvalue weighted by Gasteiger charge is 2.52. The molecule has 1 aliphatic carbocycles.